The second-order valence-corrected chi connectivity index (χ2v) is 8.20. The summed E-state index contributed by atoms with van der Waals surface area (Å²) in [6.07, 6.45) is 1.77. The van der Waals surface area contributed by atoms with Crippen molar-refractivity contribution in [2.75, 3.05) is 23.3 Å². The average molecular weight is 413 g/mol. The third-order valence-corrected chi connectivity index (χ3v) is 6.06. The molecule has 2 aromatic heterocycles. The first kappa shape index (κ1) is 19.7. The van der Waals surface area contributed by atoms with E-state index in [1.165, 1.54) is 0 Å². The van der Waals surface area contributed by atoms with E-state index in [0.717, 1.165) is 53.2 Å². The molecule has 4 rings (SSSR count). The maximum atomic E-state index is 12.9. The van der Waals surface area contributed by atoms with Crippen LogP contribution < -0.4 is 10.2 Å². The molecular formula is C22H25ClN4O2. The van der Waals surface area contributed by atoms with Gasteiger partial charge in [-0.15, -0.1) is 0 Å². The van der Waals surface area contributed by atoms with Crippen LogP contribution in [0.15, 0.2) is 22.6 Å². The number of hydrogen-bond acceptors (Lipinski definition) is 5. The van der Waals surface area contributed by atoms with Gasteiger partial charge < -0.3 is 14.6 Å². The monoisotopic (exact) mass is 412 g/mol. The molecule has 1 atom stereocenters. The van der Waals surface area contributed by atoms with Crippen molar-refractivity contribution in [3.8, 4) is 0 Å². The van der Waals surface area contributed by atoms with Crippen molar-refractivity contribution in [1.82, 2.24) is 9.97 Å². The van der Waals surface area contributed by atoms with Gasteiger partial charge in [0.15, 0.2) is 0 Å². The van der Waals surface area contributed by atoms with E-state index in [-0.39, 0.29) is 11.8 Å². The van der Waals surface area contributed by atoms with Gasteiger partial charge in [-0.3, -0.25) is 4.79 Å². The minimum atomic E-state index is -0.123. The number of anilines is 2. The van der Waals surface area contributed by atoms with Gasteiger partial charge in [-0.05, 0) is 58.2 Å². The number of nitrogens with zero attached hydrogens (tertiary/aromatic N) is 3. The molecule has 1 aliphatic rings. The zero-order valence-electron chi connectivity index (χ0n) is 17.2. The zero-order chi connectivity index (χ0) is 20.7. The van der Waals surface area contributed by atoms with Crippen LogP contribution in [0.4, 0.5) is 11.5 Å². The summed E-state index contributed by atoms with van der Waals surface area (Å²) in [7, 11) is 0. The van der Waals surface area contributed by atoms with Crippen molar-refractivity contribution < 1.29 is 9.21 Å². The molecule has 1 N–H and O–H groups in total. The lowest BCUT2D eigenvalue weighted by Crippen LogP contribution is -2.41. The van der Waals surface area contributed by atoms with Crippen molar-refractivity contribution in [2.45, 2.75) is 40.5 Å². The lowest BCUT2D eigenvalue weighted by molar-refractivity contribution is -0.120. The molecule has 1 amide bonds. The van der Waals surface area contributed by atoms with E-state index in [2.05, 4.69) is 15.2 Å². The number of carbonyl (C=O) groups is 1. The van der Waals surface area contributed by atoms with Crippen molar-refractivity contribution in [1.29, 1.82) is 0 Å². The fourth-order valence-corrected chi connectivity index (χ4v) is 4.04. The van der Waals surface area contributed by atoms with Crippen molar-refractivity contribution in [2.24, 2.45) is 5.92 Å². The lowest BCUT2D eigenvalue weighted by atomic mass is 9.96. The Labute approximate surface area is 175 Å². The van der Waals surface area contributed by atoms with Gasteiger partial charge >= 0.3 is 0 Å². The van der Waals surface area contributed by atoms with Gasteiger partial charge in [0, 0.05) is 29.4 Å². The number of hydrogen-bond donors (Lipinski definition) is 1. The van der Waals surface area contributed by atoms with Crippen LogP contribution in [0.2, 0.25) is 5.02 Å². The summed E-state index contributed by atoms with van der Waals surface area (Å²) in [4.78, 5) is 24.2. The maximum absolute atomic E-state index is 12.9. The van der Waals surface area contributed by atoms with Crippen LogP contribution in [0, 0.1) is 33.6 Å². The molecule has 1 aliphatic heterocycles. The molecule has 0 unspecified atom stereocenters. The van der Waals surface area contributed by atoms with Crippen molar-refractivity contribution in [3.05, 3.63) is 45.9 Å². The van der Waals surface area contributed by atoms with E-state index in [1.54, 1.807) is 6.07 Å². The third kappa shape index (κ3) is 3.81. The first-order chi connectivity index (χ1) is 13.8. The predicted molar refractivity (Wildman–Crippen MR) is 116 cm³/mol. The summed E-state index contributed by atoms with van der Waals surface area (Å²) in [6.45, 7) is 9.24. The van der Waals surface area contributed by atoms with E-state index in [4.69, 9.17) is 21.0 Å². The van der Waals surface area contributed by atoms with Gasteiger partial charge in [-0.25, -0.2) is 4.98 Å². The van der Waals surface area contributed by atoms with Gasteiger partial charge in [-0.2, -0.15) is 4.98 Å². The number of rotatable bonds is 3. The molecule has 0 radical (unpaired) electrons. The first-order valence-corrected chi connectivity index (χ1v) is 10.3. The van der Waals surface area contributed by atoms with E-state index in [0.29, 0.717) is 23.1 Å². The number of aromatic nitrogens is 2. The topological polar surface area (TPSA) is 71.3 Å². The Morgan fingerprint density at radius 3 is 2.79 bits per heavy atom. The maximum Gasteiger partial charge on any atom is 0.231 e. The SMILES string of the molecule is Cc1nc(N2CCC[C@@H](C(=O)Nc3ccc(C)c(Cl)c3)C2)c2c(C)c(C)oc2n1. The highest BCUT2D eigenvalue weighted by Crippen LogP contribution is 2.33. The predicted octanol–water partition coefficient (Wildman–Crippen LogP) is 4.96. The Kier molecular flexibility index (Phi) is 5.21. The smallest absolute Gasteiger partial charge is 0.231 e. The Bertz CT molecular complexity index is 1090. The molecule has 1 fully saturated rings. The standard InChI is InChI=1S/C22H25ClN4O2/c1-12-7-8-17(10-18(12)23)26-21(28)16-6-5-9-27(11-16)20-19-13(2)14(3)29-22(19)25-15(4)24-20/h7-8,10,16H,5-6,9,11H2,1-4H3,(H,26,28)/t16-/m1/s1. The number of benzene rings is 1. The minimum Gasteiger partial charge on any atom is -0.443 e. The molecule has 0 saturated carbocycles. The van der Waals surface area contributed by atoms with Crippen LogP contribution in [-0.4, -0.2) is 29.0 Å². The molecule has 152 valence electrons. The number of halogens is 1. The Morgan fingerprint density at radius 2 is 2.03 bits per heavy atom. The summed E-state index contributed by atoms with van der Waals surface area (Å²) >= 11 is 6.19. The Balaban J connectivity index is 1.58. The van der Waals surface area contributed by atoms with Crippen LogP contribution >= 0.6 is 11.6 Å². The van der Waals surface area contributed by atoms with Gasteiger partial charge in [-0.1, -0.05) is 17.7 Å². The van der Waals surface area contributed by atoms with Crippen molar-refractivity contribution in [3.63, 3.8) is 0 Å². The second-order valence-electron chi connectivity index (χ2n) is 7.80. The second kappa shape index (κ2) is 7.67. The fourth-order valence-electron chi connectivity index (χ4n) is 3.86. The van der Waals surface area contributed by atoms with E-state index in [1.807, 2.05) is 39.8 Å². The summed E-state index contributed by atoms with van der Waals surface area (Å²) < 4.78 is 5.82. The van der Waals surface area contributed by atoms with Crippen LogP contribution in [0.5, 0.6) is 0 Å². The molecule has 3 heterocycles. The largest absolute Gasteiger partial charge is 0.443 e. The highest BCUT2D eigenvalue weighted by Gasteiger charge is 2.29. The first-order valence-electron chi connectivity index (χ1n) is 9.90. The number of amides is 1. The van der Waals surface area contributed by atoms with Gasteiger partial charge in [0.25, 0.3) is 0 Å². The number of nitrogens with one attached hydrogen (secondary N) is 1. The number of aryl methyl sites for hydroxylation is 4. The van der Waals surface area contributed by atoms with Gasteiger partial charge in [0.05, 0.1) is 11.3 Å². The number of furan rings is 1. The minimum absolute atomic E-state index is 0.0109. The van der Waals surface area contributed by atoms with Gasteiger partial charge in [0.1, 0.15) is 17.4 Å². The highest BCUT2D eigenvalue weighted by molar-refractivity contribution is 6.31. The molecule has 1 saturated heterocycles. The summed E-state index contributed by atoms with van der Waals surface area (Å²) in [5, 5.41) is 4.61. The Morgan fingerprint density at radius 1 is 1.24 bits per heavy atom. The quantitative estimate of drug-likeness (QED) is 0.657. The number of carbonyl (C=O) groups excluding carboxylic acids is 1. The summed E-state index contributed by atoms with van der Waals surface area (Å²) in [6, 6.07) is 5.59. The number of fused-ring (bicyclic) bond motifs is 1. The lowest BCUT2D eigenvalue weighted by Gasteiger charge is -2.33. The summed E-state index contributed by atoms with van der Waals surface area (Å²) in [5.41, 5.74) is 3.38. The van der Waals surface area contributed by atoms with Crippen LogP contribution in [0.3, 0.4) is 0 Å². The molecule has 6 nitrogen and oxygen atoms in total. The van der Waals surface area contributed by atoms with Crippen molar-refractivity contribution >= 4 is 40.1 Å². The van der Waals surface area contributed by atoms with Crippen LogP contribution in [0.1, 0.15) is 35.6 Å². The highest BCUT2D eigenvalue weighted by atomic mass is 35.5. The fraction of sp³-hybridized carbons (Fsp3) is 0.409. The van der Waals surface area contributed by atoms with Gasteiger partial charge in [0.2, 0.25) is 11.6 Å². The molecule has 0 spiro atoms. The normalized spacial score (nSPS) is 17.0. The molecular weight excluding hydrogens is 388 g/mol. The molecule has 0 aliphatic carbocycles. The summed E-state index contributed by atoms with van der Waals surface area (Å²) in [5.74, 6) is 2.27. The van der Waals surface area contributed by atoms with E-state index in [9.17, 15) is 4.79 Å². The Hall–Kier alpha value is -2.60. The van der Waals surface area contributed by atoms with Crippen LogP contribution in [0.25, 0.3) is 11.1 Å². The van der Waals surface area contributed by atoms with E-state index >= 15 is 0 Å². The third-order valence-electron chi connectivity index (χ3n) is 5.65. The molecule has 0 bridgehead atoms. The molecule has 3 aromatic rings. The average Bonchev–Trinajstić information content (AvgIpc) is 2.97. The zero-order valence-corrected chi connectivity index (χ0v) is 17.9. The molecule has 1 aromatic carbocycles. The van der Waals surface area contributed by atoms with E-state index < -0.39 is 0 Å². The molecule has 7 heteroatoms. The number of piperidine rings is 1. The van der Waals surface area contributed by atoms with Crippen LogP contribution in [-0.2, 0) is 4.79 Å². The molecule has 29 heavy (non-hydrogen) atoms.